The number of carbonyl (C=O) groups excluding carboxylic acids is 2. The average molecular weight is 557 g/mol. The molecule has 2 aromatic carbocycles. The van der Waals surface area contributed by atoms with Gasteiger partial charge < -0.3 is 15.5 Å². The van der Waals surface area contributed by atoms with Crippen molar-refractivity contribution < 1.29 is 24.2 Å². The smallest absolute Gasteiger partial charge is 0.264 e. The van der Waals surface area contributed by atoms with E-state index in [1.807, 2.05) is 17.8 Å². The molecule has 0 bridgehead atoms. The van der Waals surface area contributed by atoms with Crippen LogP contribution in [0.3, 0.4) is 0 Å². The molecule has 0 aromatic heterocycles. The van der Waals surface area contributed by atoms with Gasteiger partial charge >= 0.3 is 0 Å². The summed E-state index contributed by atoms with van der Waals surface area (Å²) in [5.41, 5.74) is 2.37. The molecule has 2 fully saturated rings. The summed E-state index contributed by atoms with van der Waals surface area (Å²) in [4.78, 5) is 30.0. The van der Waals surface area contributed by atoms with Crippen molar-refractivity contribution in [2.45, 2.75) is 69.3 Å². The van der Waals surface area contributed by atoms with Crippen molar-refractivity contribution in [1.29, 1.82) is 0 Å². The molecular formula is C29H37FN4O4S. The van der Waals surface area contributed by atoms with Gasteiger partial charge in [0.05, 0.1) is 23.8 Å². The number of nitrogens with zero attached hydrogens (tertiary/aromatic N) is 2. The van der Waals surface area contributed by atoms with Gasteiger partial charge in [0.15, 0.2) is 0 Å². The monoisotopic (exact) mass is 556 g/mol. The minimum Gasteiger partial charge on any atom is -0.395 e. The van der Waals surface area contributed by atoms with Crippen LogP contribution < -0.4 is 10.6 Å². The fraction of sp³-hybridized carbons (Fsp3) is 0.517. The van der Waals surface area contributed by atoms with Crippen molar-refractivity contribution in [2.75, 3.05) is 30.8 Å². The van der Waals surface area contributed by atoms with Crippen molar-refractivity contribution >= 4 is 29.3 Å². The number of anilines is 1. The van der Waals surface area contributed by atoms with Crippen LogP contribution in [0.2, 0.25) is 0 Å². The van der Waals surface area contributed by atoms with Crippen LogP contribution in [0.15, 0.2) is 36.4 Å². The third kappa shape index (κ3) is 6.00. The second kappa shape index (κ2) is 12.3. The van der Waals surface area contributed by atoms with E-state index in [0.29, 0.717) is 24.1 Å². The van der Waals surface area contributed by atoms with Crippen LogP contribution in [0.25, 0.3) is 0 Å². The summed E-state index contributed by atoms with van der Waals surface area (Å²) in [6.45, 7) is 5.02. The van der Waals surface area contributed by atoms with Crippen molar-refractivity contribution in [1.82, 2.24) is 15.1 Å². The molecule has 0 aliphatic carbocycles. The molecule has 0 saturated carbocycles. The Kier molecular flexibility index (Phi) is 8.88. The van der Waals surface area contributed by atoms with E-state index < -0.39 is 24.1 Å². The van der Waals surface area contributed by atoms with E-state index in [4.69, 9.17) is 0 Å². The summed E-state index contributed by atoms with van der Waals surface area (Å²) in [5, 5.41) is 26.6. The Morgan fingerprint density at radius 1 is 1.10 bits per heavy atom. The zero-order valence-corrected chi connectivity index (χ0v) is 23.1. The highest BCUT2D eigenvalue weighted by Crippen LogP contribution is 2.34. The van der Waals surface area contributed by atoms with Gasteiger partial charge in [-0.2, -0.15) is 11.8 Å². The highest BCUT2D eigenvalue weighted by molar-refractivity contribution is 7.99. The first-order chi connectivity index (χ1) is 18.9. The third-order valence-electron chi connectivity index (χ3n) is 8.01. The van der Waals surface area contributed by atoms with E-state index >= 15 is 4.39 Å². The maximum Gasteiger partial charge on any atom is 0.264 e. The van der Waals surface area contributed by atoms with Crippen molar-refractivity contribution in [3.05, 3.63) is 64.5 Å². The molecule has 3 heterocycles. The zero-order chi connectivity index (χ0) is 27.5. The van der Waals surface area contributed by atoms with Crippen molar-refractivity contribution in [3.63, 3.8) is 0 Å². The van der Waals surface area contributed by atoms with Crippen LogP contribution in [0.4, 0.5) is 10.1 Å². The topological polar surface area (TPSA) is 105 Å². The number of carbonyl (C=O) groups is 2. The van der Waals surface area contributed by atoms with E-state index in [1.54, 1.807) is 30.3 Å². The largest absolute Gasteiger partial charge is 0.395 e. The molecule has 210 valence electrons. The van der Waals surface area contributed by atoms with Crippen LogP contribution in [0.5, 0.6) is 0 Å². The van der Waals surface area contributed by atoms with Gasteiger partial charge in [-0.3, -0.25) is 24.7 Å². The molecule has 10 heteroatoms. The summed E-state index contributed by atoms with van der Waals surface area (Å²) >= 11 is 2.03. The van der Waals surface area contributed by atoms with Gasteiger partial charge in [0, 0.05) is 35.6 Å². The molecular weight excluding hydrogens is 519 g/mol. The Balaban J connectivity index is 1.23. The molecule has 3 atom stereocenters. The van der Waals surface area contributed by atoms with E-state index in [9.17, 15) is 19.8 Å². The molecule has 39 heavy (non-hydrogen) atoms. The van der Waals surface area contributed by atoms with Crippen molar-refractivity contribution in [2.24, 2.45) is 0 Å². The lowest BCUT2D eigenvalue weighted by Crippen LogP contribution is -2.59. The fourth-order valence-electron chi connectivity index (χ4n) is 5.88. The Morgan fingerprint density at radius 2 is 1.90 bits per heavy atom. The van der Waals surface area contributed by atoms with Gasteiger partial charge in [-0.05, 0) is 68.3 Å². The molecule has 5 rings (SSSR count). The lowest BCUT2D eigenvalue weighted by molar-refractivity contribution is -0.00512. The Hall–Kier alpha value is -2.50. The van der Waals surface area contributed by atoms with E-state index in [2.05, 4.69) is 22.5 Å². The number of hydrogen-bond acceptors (Lipinski definition) is 8. The SMILES string of the molecule is CCSC1CCN(Cc2ccc(CNc3cccc4c3C(=O)N(C3CCC(CO)NC3O)C4=O)c(F)c2)CC1. The van der Waals surface area contributed by atoms with E-state index in [0.717, 1.165) is 41.1 Å². The molecule has 8 nitrogen and oxygen atoms in total. The minimum absolute atomic E-state index is 0.130. The number of thioether (sulfide) groups is 1. The predicted molar refractivity (Wildman–Crippen MR) is 150 cm³/mol. The Bertz CT molecular complexity index is 1210. The minimum atomic E-state index is -1.12. The van der Waals surface area contributed by atoms with Gasteiger partial charge in [-0.1, -0.05) is 25.1 Å². The van der Waals surface area contributed by atoms with Crippen molar-refractivity contribution in [3.8, 4) is 0 Å². The lowest BCUT2D eigenvalue weighted by atomic mass is 9.98. The van der Waals surface area contributed by atoms with E-state index in [1.165, 1.54) is 12.8 Å². The molecule has 2 saturated heterocycles. The second-order valence-electron chi connectivity index (χ2n) is 10.6. The number of piperidine rings is 2. The first kappa shape index (κ1) is 28.0. The molecule has 3 unspecified atom stereocenters. The first-order valence-corrected chi connectivity index (χ1v) is 14.9. The van der Waals surface area contributed by atoms with Crippen LogP contribution >= 0.6 is 11.8 Å². The fourth-order valence-corrected chi connectivity index (χ4v) is 6.90. The Labute approximate surface area is 232 Å². The third-order valence-corrected chi connectivity index (χ3v) is 9.29. The number of aliphatic hydroxyl groups excluding tert-OH is 2. The summed E-state index contributed by atoms with van der Waals surface area (Å²) in [6.07, 6.45) is 2.14. The quantitative estimate of drug-likeness (QED) is 0.349. The number of hydrogen-bond donors (Lipinski definition) is 4. The molecule has 4 N–H and O–H groups in total. The van der Waals surface area contributed by atoms with Crippen LogP contribution in [0, 0.1) is 5.82 Å². The first-order valence-electron chi connectivity index (χ1n) is 13.8. The summed E-state index contributed by atoms with van der Waals surface area (Å²) < 4.78 is 15.0. The zero-order valence-electron chi connectivity index (χ0n) is 22.2. The number of halogens is 1. The normalized spacial score (nSPS) is 24.3. The number of fused-ring (bicyclic) bond motifs is 1. The number of amides is 2. The predicted octanol–water partition coefficient (Wildman–Crippen LogP) is 3.18. The summed E-state index contributed by atoms with van der Waals surface area (Å²) in [6, 6.07) is 9.31. The maximum absolute atomic E-state index is 15.0. The summed E-state index contributed by atoms with van der Waals surface area (Å²) in [7, 11) is 0. The van der Waals surface area contributed by atoms with Crippen LogP contribution in [-0.4, -0.2) is 80.8 Å². The van der Waals surface area contributed by atoms with Gasteiger partial charge in [-0.25, -0.2) is 4.39 Å². The number of benzene rings is 2. The Morgan fingerprint density at radius 3 is 2.59 bits per heavy atom. The van der Waals surface area contributed by atoms with Gasteiger partial charge in [0.25, 0.3) is 11.8 Å². The lowest BCUT2D eigenvalue weighted by Gasteiger charge is -2.37. The summed E-state index contributed by atoms with van der Waals surface area (Å²) in [5.74, 6) is -0.0988. The average Bonchev–Trinajstić information content (AvgIpc) is 3.19. The highest BCUT2D eigenvalue weighted by atomic mass is 32.2. The molecule has 2 aromatic rings. The number of imide groups is 1. The maximum atomic E-state index is 15.0. The van der Waals surface area contributed by atoms with E-state index in [-0.39, 0.29) is 36.1 Å². The molecule has 3 aliphatic heterocycles. The number of rotatable bonds is 9. The van der Waals surface area contributed by atoms with Gasteiger partial charge in [0.2, 0.25) is 0 Å². The molecule has 0 radical (unpaired) electrons. The standard InChI is InChI=1S/C29H37FN4O4S/c1-2-39-21-10-12-33(13-11-21)16-18-6-7-19(23(30)14-18)15-31-24-5-3-4-22-26(24)29(38)34(28(22)37)25-9-8-20(17-35)32-27(25)36/h3-7,14,20-21,25,27,31-32,35-36H,2,8-13,15-17H2,1H3. The second-order valence-corrected chi connectivity index (χ2v) is 12.1. The number of aliphatic hydroxyl groups is 2. The molecule has 0 spiro atoms. The highest BCUT2D eigenvalue weighted by Gasteiger charge is 2.45. The van der Waals surface area contributed by atoms with Crippen LogP contribution in [-0.2, 0) is 13.1 Å². The van der Waals surface area contributed by atoms with Gasteiger partial charge in [0.1, 0.15) is 12.0 Å². The number of nitrogens with one attached hydrogen (secondary N) is 2. The molecule has 3 aliphatic rings. The van der Waals surface area contributed by atoms with Crippen LogP contribution in [0.1, 0.15) is 64.4 Å². The van der Waals surface area contributed by atoms with Gasteiger partial charge in [-0.15, -0.1) is 0 Å². The number of likely N-dealkylation sites (tertiary alicyclic amines) is 1. The molecule has 2 amide bonds.